The van der Waals surface area contributed by atoms with Crippen LogP contribution in [0.1, 0.15) is 29.0 Å². The van der Waals surface area contributed by atoms with E-state index in [0.717, 1.165) is 24.5 Å². The highest BCUT2D eigenvalue weighted by atomic mass is 19.1. The first-order chi connectivity index (χ1) is 9.65. The molecule has 1 nitrogen and oxygen atoms in total. The molecule has 1 N–H and O–H groups in total. The lowest BCUT2D eigenvalue weighted by atomic mass is 9.91. The predicted octanol–water partition coefficient (Wildman–Crippen LogP) is 3.60. The number of aliphatic hydroxyl groups excluding tert-OH is 1. The van der Waals surface area contributed by atoms with Crippen LogP contribution in [0.4, 0.5) is 8.78 Å². The normalized spacial score (nSPS) is 18.9. The number of aliphatic hydroxyl groups is 1. The number of rotatable bonds is 3. The fourth-order valence-electron chi connectivity index (χ4n) is 3.04. The van der Waals surface area contributed by atoms with Gasteiger partial charge < -0.3 is 5.11 Å². The monoisotopic (exact) mass is 274 g/mol. The first kappa shape index (κ1) is 13.3. The molecule has 20 heavy (non-hydrogen) atoms. The Kier molecular flexibility index (Phi) is 3.53. The molecule has 0 saturated heterocycles. The minimum absolute atomic E-state index is 0.0376. The van der Waals surface area contributed by atoms with E-state index < -0.39 is 17.7 Å². The molecule has 0 aliphatic heterocycles. The maximum absolute atomic E-state index is 13.6. The van der Waals surface area contributed by atoms with Crippen LogP contribution in [0, 0.1) is 11.6 Å². The van der Waals surface area contributed by atoms with Crippen molar-refractivity contribution in [2.75, 3.05) is 0 Å². The second-order valence-electron chi connectivity index (χ2n) is 5.35. The highest BCUT2D eigenvalue weighted by Crippen LogP contribution is 2.36. The lowest BCUT2D eigenvalue weighted by Crippen LogP contribution is -2.20. The third-order valence-electron chi connectivity index (χ3n) is 4.09. The molecule has 0 radical (unpaired) electrons. The van der Waals surface area contributed by atoms with E-state index in [-0.39, 0.29) is 12.3 Å². The molecule has 1 aliphatic carbocycles. The molecule has 2 unspecified atom stereocenters. The van der Waals surface area contributed by atoms with E-state index in [2.05, 4.69) is 6.07 Å². The van der Waals surface area contributed by atoms with E-state index in [1.54, 1.807) is 0 Å². The van der Waals surface area contributed by atoms with Gasteiger partial charge in [-0.2, -0.15) is 0 Å². The van der Waals surface area contributed by atoms with Crippen molar-refractivity contribution in [3.8, 4) is 0 Å². The Balaban J connectivity index is 1.79. The standard InChI is InChI=1S/C17H16F2O/c18-13-7-5-12(16(19)10-13)9-17(20)15-8-6-11-3-1-2-4-14(11)15/h1-5,7,10,15,17,20H,6,8-9H2. The number of hydrogen-bond acceptors (Lipinski definition) is 1. The molecule has 0 saturated carbocycles. The van der Waals surface area contributed by atoms with Gasteiger partial charge in [0, 0.05) is 18.4 Å². The zero-order valence-electron chi connectivity index (χ0n) is 11.0. The number of benzene rings is 2. The van der Waals surface area contributed by atoms with Gasteiger partial charge in [-0.05, 0) is 35.6 Å². The Hall–Kier alpha value is -1.74. The highest BCUT2D eigenvalue weighted by Gasteiger charge is 2.28. The van der Waals surface area contributed by atoms with Crippen LogP contribution in [-0.4, -0.2) is 11.2 Å². The molecule has 0 spiro atoms. The van der Waals surface area contributed by atoms with Gasteiger partial charge in [-0.3, -0.25) is 0 Å². The summed E-state index contributed by atoms with van der Waals surface area (Å²) in [4.78, 5) is 0. The molecule has 3 rings (SSSR count). The topological polar surface area (TPSA) is 20.2 Å². The van der Waals surface area contributed by atoms with Gasteiger partial charge in [0.1, 0.15) is 11.6 Å². The van der Waals surface area contributed by atoms with Crippen molar-refractivity contribution in [1.29, 1.82) is 0 Å². The molecule has 2 aromatic rings. The molecule has 1 aliphatic rings. The molecule has 0 bridgehead atoms. The van der Waals surface area contributed by atoms with Gasteiger partial charge in [0.05, 0.1) is 6.10 Å². The Morgan fingerprint density at radius 1 is 1.15 bits per heavy atom. The summed E-state index contributed by atoms with van der Waals surface area (Å²) in [6.45, 7) is 0. The van der Waals surface area contributed by atoms with Gasteiger partial charge in [0.2, 0.25) is 0 Å². The Morgan fingerprint density at radius 3 is 2.75 bits per heavy atom. The third-order valence-corrected chi connectivity index (χ3v) is 4.09. The fraction of sp³-hybridized carbons (Fsp3) is 0.294. The van der Waals surface area contributed by atoms with E-state index in [0.29, 0.717) is 5.56 Å². The summed E-state index contributed by atoms with van der Waals surface area (Å²) >= 11 is 0. The smallest absolute Gasteiger partial charge is 0.129 e. The molecule has 0 heterocycles. The van der Waals surface area contributed by atoms with Gasteiger partial charge in [-0.1, -0.05) is 30.3 Å². The molecule has 0 aromatic heterocycles. The van der Waals surface area contributed by atoms with Crippen LogP contribution in [0.3, 0.4) is 0 Å². The quantitative estimate of drug-likeness (QED) is 0.906. The largest absolute Gasteiger partial charge is 0.392 e. The summed E-state index contributed by atoms with van der Waals surface area (Å²) in [5, 5.41) is 10.4. The van der Waals surface area contributed by atoms with Crippen LogP contribution in [0.2, 0.25) is 0 Å². The SMILES string of the molecule is OC(Cc1ccc(F)cc1F)C1CCc2ccccc21. The average molecular weight is 274 g/mol. The molecule has 104 valence electrons. The first-order valence-electron chi connectivity index (χ1n) is 6.85. The Bertz CT molecular complexity index is 624. The van der Waals surface area contributed by atoms with Crippen molar-refractivity contribution in [2.24, 2.45) is 0 Å². The van der Waals surface area contributed by atoms with Crippen molar-refractivity contribution < 1.29 is 13.9 Å². The van der Waals surface area contributed by atoms with Gasteiger partial charge in [0.15, 0.2) is 0 Å². The van der Waals surface area contributed by atoms with E-state index in [4.69, 9.17) is 0 Å². The second kappa shape index (κ2) is 5.33. The molecule has 0 amide bonds. The summed E-state index contributed by atoms with van der Waals surface area (Å²) in [6, 6.07) is 11.6. The maximum Gasteiger partial charge on any atom is 0.129 e. The van der Waals surface area contributed by atoms with Crippen molar-refractivity contribution in [2.45, 2.75) is 31.3 Å². The fourth-order valence-corrected chi connectivity index (χ4v) is 3.04. The predicted molar refractivity (Wildman–Crippen MR) is 73.6 cm³/mol. The molecule has 3 heteroatoms. The molecule has 2 aromatic carbocycles. The molecule has 0 fully saturated rings. The summed E-state index contributed by atoms with van der Waals surface area (Å²) in [6.07, 6.45) is 1.40. The number of halogens is 2. The van der Waals surface area contributed by atoms with Crippen LogP contribution in [0.15, 0.2) is 42.5 Å². The lowest BCUT2D eigenvalue weighted by molar-refractivity contribution is 0.142. The van der Waals surface area contributed by atoms with Crippen LogP contribution >= 0.6 is 0 Å². The van der Waals surface area contributed by atoms with Crippen LogP contribution in [0.5, 0.6) is 0 Å². The van der Waals surface area contributed by atoms with Crippen LogP contribution in [-0.2, 0) is 12.8 Å². The molecular weight excluding hydrogens is 258 g/mol. The molecule has 2 atom stereocenters. The number of aryl methyl sites for hydroxylation is 1. The van der Waals surface area contributed by atoms with Crippen molar-refractivity contribution in [3.63, 3.8) is 0 Å². The maximum atomic E-state index is 13.6. The third kappa shape index (κ3) is 2.46. The van der Waals surface area contributed by atoms with Crippen molar-refractivity contribution in [1.82, 2.24) is 0 Å². The highest BCUT2D eigenvalue weighted by molar-refractivity contribution is 5.36. The Labute approximate surface area is 116 Å². The van der Waals surface area contributed by atoms with E-state index in [1.807, 2.05) is 18.2 Å². The average Bonchev–Trinajstić information content (AvgIpc) is 2.86. The van der Waals surface area contributed by atoms with Crippen molar-refractivity contribution in [3.05, 3.63) is 70.8 Å². The van der Waals surface area contributed by atoms with Gasteiger partial charge >= 0.3 is 0 Å². The summed E-state index contributed by atoms with van der Waals surface area (Å²) < 4.78 is 26.5. The minimum atomic E-state index is -0.640. The summed E-state index contributed by atoms with van der Waals surface area (Å²) in [5.41, 5.74) is 2.78. The first-order valence-corrected chi connectivity index (χ1v) is 6.85. The van der Waals surface area contributed by atoms with E-state index in [1.165, 1.54) is 17.7 Å². The van der Waals surface area contributed by atoms with Crippen LogP contribution in [0.25, 0.3) is 0 Å². The zero-order chi connectivity index (χ0) is 14.1. The van der Waals surface area contributed by atoms with E-state index in [9.17, 15) is 13.9 Å². The van der Waals surface area contributed by atoms with Gasteiger partial charge in [0.25, 0.3) is 0 Å². The number of fused-ring (bicyclic) bond motifs is 1. The van der Waals surface area contributed by atoms with Crippen LogP contribution < -0.4 is 0 Å². The van der Waals surface area contributed by atoms with Gasteiger partial charge in [-0.15, -0.1) is 0 Å². The molecular formula is C17H16F2O. The summed E-state index contributed by atoms with van der Waals surface area (Å²) in [5.74, 6) is -1.14. The van der Waals surface area contributed by atoms with E-state index >= 15 is 0 Å². The summed E-state index contributed by atoms with van der Waals surface area (Å²) in [7, 11) is 0. The Morgan fingerprint density at radius 2 is 1.95 bits per heavy atom. The lowest BCUT2D eigenvalue weighted by Gasteiger charge is -2.19. The van der Waals surface area contributed by atoms with Gasteiger partial charge in [-0.25, -0.2) is 8.78 Å². The number of hydrogen-bond donors (Lipinski definition) is 1. The van der Waals surface area contributed by atoms with Crippen molar-refractivity contribution >= 4 is 0 Å². The minimum Gasteiger partial charge on any atom is -0.392 e. The second-order valence-corrected chi connectivity index (χ2v) is 5.35. The zero-order valence-corrected chi connectivity index (χ0v) is 11.0.